The fourth-order valence-corrected chi connectivity index (χ4v) is 3.64. The molecule has 1 aliphatic rings. The van der Waals surface area contributed by atoms with E-state index in [-0.39, 0.29) is 5.91 Å². The zero-order valence-electron chi connectivity index (χ0n) is 15.8. The topological polar surface area (TPSA) is 36.1 Å². The fourth-order valence-electron chi connectivity index (χ4n) is 3.64. The van der Waals surface area contributed by atoms with Gasteiger partial charge in [-0.3, -0.25) is 4.79 Å². The second kappa shape index (κ2) is 7.28. The summed E-state index contributed by atoms with van der Waals surface area (Å²) in [5.41, 5.74) is 7.31. The number of benzene rings is 2. The first-order valence-corrected chi connectivity index (χ1v) is 9.41. The molecule has 0 bridgehead atoms. The Morgan fingerprint density at radius 3 is 2.67 bits per heavy atom. The smallest absolute Gasteiger partial charge is 0.246 e. The summed E-state index contributed by atoms with van der Waals surface area (Å²) in [4.78, 5) is 17.8. The Balaban J connectivity index is 1.47. The zero-order chi connectivity index (χ0) is 18.8. The van der Waals surface area contributed by atoms with Gasteiger partial charge in [0.15, 0.2) is 0 Å². The van der Waals surface area contributed by atoms with Crippen LogP contribution < -0.4 is 0 Å². The summed E-state index contributed by atoms with van der Waals surface area (Å²) in [6.45, 7) is 5.59. The van der Waals surface area contributed by atoms with Gasteiger partial charge in [0.1, 0.15) is 0 Å². The number of hydrogen-bond acceptors (Lipinski definition) is 1. The number of para-hydroxylation sites is 1. The summed E-state index contributed by atoms with van der Waals surface area (Å²) in [5.74, 6) is 0.0700. The molecule has 1 amide bonds. The van der Waals surface area contributed by atoms with Gasteiger partial charge < -0.3 is 9.88 Å². The summed E-state index contributed by atoms with van der Waals surface area (Å²) in [5, 5.41) is 1.26. The van der Waals surface area contributed by atoms with Gasteiger partial charge in [0, 0.05) is 41.8 Å². The van der Waals surface area contributed by atoms with E-state index in [1.807, 2.05) is 23.1 Å². The Kier molecular flexibility index (Phi) is 4.68. The van der Waals surface area contributed by atoms with E-state index in [1.54, 1.807) is 6.08 Å². The largest absolute Gasteiger partial charge is 0.360 e. The van der Waals surface area contributed by atoms with E-state index in [0.717, 1.165) is 18.5 Å². The number of H-pyrrole nitrogens is 1. The van der Waals surface area contributed by atoms with Crippen molar-refractivity contribution >= 4 is 28.5 Å². The number of amides is 1. The van der Waals surface area contributed by atoms with Crippen LogP contribution >= 0.6 is 0 Å². The van der Waals surface area contributed by atoms with E-state index in [4.69, 9.17) is 0 Å². The summed E-state index contributed by atoms with van der Waals surface area (Å²) in [7, 11) is 0. The number of carbonyl (C=O) groups excluding carboxylic acids is 1. The van der Waals surface area contributed by atoms with Crippen molar-refractivity contribution in [1.29, 1.82) is 0 Å². The van der Waals surface area contributed by atoms with Crippen molar-refractivity contribution in [3.05, 3.63) is 83.1 Å². The van der Waals surface area contributed by atoms with Gasteiger partial charge in [-0.05, 0) is 43.0 Å². The molecule has 0 unspecified atom stereocenters. The first-order valence-electron chi connectivity index (χ1n) is 9.41. The average molecular weight is 356 g/mol. The number of aryl methyl sites for hydroxylation is 2. The van der Waals surface area contributed by atoms with Crippen LogP contribution in [0.2, 0.25) is 0 Å². The van der Waals surface area contributed by atoms with Crippen LogP contribution in [0.25, 0.3) is 22.6 Å². The van der Waals surface area contributed by atoms with Crippen LogP contribution in [0, 0.1) is 13.8 Å². The van der Waals surface area contributed by atoms with Gasteiger partial charge >= 0.3 is 0 Å². The summed E-state index contributed by atoms with van der Waals surface area (Å²) < 4.78 is 0. The lowest BCUT2D eigenvalue weighted by Gasteiger charge is -2.25. The van der Waals surface area contributed by atoms with Crippen LogP contribution in [0.15, 0.2) is 60.8 Å². The Bertz CT molecular complexity index is 1040. The van der Waals surface area contributed by atoms with Crippen LogP contribution in [-0.2, 0) is 4.79 Å². The normalized spacial score (nSPS) is 14.7. The number of rotatable bonds is 3. The second-order valence-electron chi connectivity index (χ2n) is 7.21. The molecule has 3 heteroatoms. The first kappa shape index (κ1) is 17.3. The van der Waals surface area contributed by atoms with Crippen molar-refractivity contribution < 1.29 is 4.79 Å². The number of hydrogen-bond donors (Lipinski definition) is 1. The second-order valence-corrected chi connectivity index (χ2v) is 7.21. The lowest BCUT2D eigenvalue weighted by atomic mass is 9.98. The van der Waals surface area contributed by atoms with Crippen LogP contribution in [0.4, 0.5) is 0 Å². The van der Waals surface area contributed by atoms with E-state index in [9.17, 15) is 4.79 Å². The highest BCUT2D eigenvalue weighted by Crippen LogP contribution is 2.30. The number of aromatic amines is 1. The lowest BCUT2D eigenvalue weighted by molar-refractivity contribution is -0.125. The molecule has 1 aromatic heterocycles. The molecule has 1 aliphatic heterocycles. The molecule has 0 atom stereocenters. The van der Waals surface area contributed by atoms with E-state index in [0.29, 0.717) is 6.54 Å². The molecule has 3 aromatic rings. The Labute approximate surface area is 160 Å². The molecular formula is C24H24N2O. The van der Waals surface area contributed by atoms with Crippen LogP contribution in [0.1, 0.15) is 28.7 Å². The van der Waals surface area contributed by atoms with Gasteiger partial charge in [-0.25, -0.2) is 0 Å². The third kappa shape index (κ3) is 3.59. The van der Waals surface area contributed by atoms with Gasteiger partial charge in [0.2, 0.25) is 5.91 Å². The molecule has 0 saturated carbocycles. The van der Waals surface area contributed by atoms with Gasteiger partial charge in [-0.2, -0.15) is 0 Å². The van der Waals surface area contributed by atoms with Gasteiger partial charge in [-0.1, -0.05) is 54.1 Å². The van der Waals surface area contributed by atoms with Crippen LogP contribution in [-0.4, -0.2) is 28.9 Å². The maximum atomic E-state index is 12.5. The Morgan fingerprint density at radius 1 is 1.11 bits per heavy atom. The van der Waals surface area contributed by atoms with Crippen molar-refractivity contribution in [2.45, 2.75) is 20.3 Å². The highest BCUT2D eigenvalue weighted by Gasteiger charge is 2.18. The van der Waals surface area contributed by atoms with Gasteiger partial charge in [-0.15, -0.1) is 0 Å². The van der Waals surface area contributed by atoms with E-state index >= 15 is 0 Å². The molecule has 136 valence electrons. The number of nitrogens with one attached hydrogen (secondary N) is 1. The quantitative estimate of drug-likeness (QED) is 0.650. The molecule has 0 aliphatic carbocycles. The molecule has 0 radical (unpaired) electrons. The molecular weight excluding hydrogens is 332 g/mol. The monoisotopic (exact) mass is 356 g/mol. The standard InChI is InChI=1S/C24H24N2O/c1-17-6-8-19(9-7-17)10-11-23(27)26-14-12-20(13-15-26)22-16-25-24-18(2)4-3-5-21(22)24/h3-12,16,25H,13-15H2,1-2H3/b11-10+. The minimum Gasteiger partial charge on any atom is -0.360 e. The van der Waals surface area contributed by atoms with E-state index in [2.05, 4.69) is 61.4 Å². The minimum atomic E-state index is 0.0700. The number of fused-ring (bicyclic) bond motifs is 1. The van der Waals surface area contributed by atoms with E-state index < -0.39 is 0 Å². The third-order valence-corrected chi connectivity index (χ3v) is 5.29. The summed E-state index contributed by atoms with van der Waals surface area (Å²) in [6.07, 6.45) is 8.73. The molecule has 1 N–H and O–H groups in total. The SMILES string of the molecule is Cc1ccc(/C=C/C(=O)N2CC=C(c3c[nH]c4c(C)cccc34)CC2)cc1. The molecule has 2 heterocycles. The number of carbonyl (C=O) groups is 1. The average Bonchev–Trinajstić information content (AvgIpc) is 3.13. The summed E-state index contributed by atoms with van der Waals surface area (Å²) in [6, 6.07) is 14.6. The van der Waals surface area contributed by atoms with Crippen LogP contribution in [0.5, 0.6) is 0 Å². The zero-order valence-corrected chi connectivity index (χ0v) is 15.8. The molecule has 27 heavy (non-hydrogen) atoms. The molecule has 3 nitrogen and oxygen atoms in total. The highest BCUT2D eigenvalue weighted by molar-refractivity contribution is 5.95. The molecule has 4 rings (SSSR count). The molecule has 0 saturated heterocycles. The number of nitrogens with zero attached hydrogens (tertiary/aromatic N) is 1. The van der Waals surface area contributed by atoms with Crippen molar-refractivity contribution in [1.82, 2.24) is 9.88 Å². The van der Waals surface area contributed by atoms with Gasteiger partial charge in [0.25, 0.3) is 0 Å². The van der Waals surface area contributed by atoms with Crippen molar-refractivity contribution in [3.63, 3.8) is 0 Å². The fraction of sp³-hybridized carbons (Fsp3) is 0.208. The van der Waals surface area contributed by atoms with Crippen molar-refractivity contribution in [2.24, 2.45) is 0 Å². The maximum absolute atomic E-state index is 12.5. The third-order valence-electron chi connectivity index (χ3n) is 5.29. The maximum Gasteiger partial charge on any atom is 0.246 e. The van der Waals surface area contributed by atoms with E-state index in [1.165, 1.54) is 33.2 Å². The van der Waals surface area contributed by atoms with Crippen molar-refractivity contribution in [2.75, 3.05) is 13.1 Å². The highest BCUT2D eigenvalue weighted by atomic mass is 16.2. The lowest BCUT2D eigenvalue weighted by Crippen LogP contribution is -2.33. The number of aromatic nitrogens is 1. The van der Waals surface area contributed by atoms with Gasteiger partial charge in [0.05, 0.1) is 0 Å². The summed E-state index contributed by atoms with van der Waals surface area (Å²) >= 11 is 0. The Hall–Kier alpha value is -3.07. The van der Waals surface area contributed by atoms with Crippen LogP contribution in [0.3, 0.4) is 0 Å². The predicted octanol–water partition coefficient (Wildman–Crippen LogP) is 5.11. The Morgan fingerprint density at radius 2 is 1.93 bits per heavy atom. The predicted molar refractivity (Wildman–Crippen MR) is 112 cm³/mol. The minimum absolute atomic E-state index is 0.0700. The first-order chi connectivity index (χ1) is 13.1. The molecule has 0 spiro atoms. The molecule has 2 aromatic carbocycles. The molecule has 0 fully saturated rings. The van der Waals surface area contributed by atoms with Crippen molar-refractivity contribution in [3.8, 4) is 0 Å².